The molecule has 0 radical (unpaired) electrons. The van der Waals surface area contributed by atoms with Crippen molar-refractivity contribution in [1.82, 2.24) is 10.3 Å². The standard InChI is InChI=1S/C23H24ClN3OS/c1-16-22(29-23(26-16)17-9-11-18(24)12-10-17)21(28)14-25-19-6-5-13-27(15-19)20-7-3-2-4-8-20/h2-4,7-12,19,25H,5-6,13-15H2,1H3/t19-/m0/s1. The van der Waals surface area contributed by atoms with Crippen molar-refractivity contribution in [1.29, 1.82) is 0 Å². The fourth-order valence-electron chi connectivity index (χ4n) is 3.71. The maximum Gasteiger partial charge on any atom is 0.188 e. The fraction of sp³-hybridized carbons (Fsp3) is 0.304. The van der Waals surface area contributed by atoms with Crippen molar-refractivity contribution in [2.75, 3.05) is 24.5 Å². The molecular formula is C23H24ClN3OS. The number of rotatable bonds is 6. The van der Waals surface area contributed by atoms with E-state index in [1.165, 1.54) is 17.0 Å². The summed E-state index contributed by atoms with van der Waals surface area (Å²) in [5.41, 5.74) is 3.03. The number of aromatic nitrogens is 1. The number of thiazole rings is 1. The van der Waals surface area contributed by atoms with Crippen molar-refractivity contribution in [3.8, 4) is 10.6 Å². The molecule has 150 valence electrons. The van der Waals surface area contributed by atoms with Crippen LogP contribution < -0.4 is 10.2 Å². The molecule has 2 aromatic carbocycles. The van der Waals surface area contributed by atoms with Crippen LogP contribution in [0.25, 0.3) is 10.6 Å². The third-order valence-electron chi connectivity index (χ3n) is 5.24. The van der Waals surface area contributed by atoms with E-state index < -0.39 is 0 Å². The first-order chi connectivity index (χ1) is 14.1. The van der Waals surface area contributed by atoms with Gasteiger partial charge in [0.05, 0.1) is 17.1 Å². The Balaban J connectivity index is 1.38. The summed E-state index contributed by atoms with van der Waals surface area (Å²) in [4.78, 5) is 20.6. The van der Waals surface area contributed by atoms with Gasteiger partial charge in [-0.1, -0.05) is 41.9 Å². The van der Waals surface area contributed by atoms with E-state index in [9.17, 15) is 4.79 Å². The van der Waals surface area contributed by atoms with Crippen LogP contribution in [0.15, 0.2) is 54.6 Å². The molecule has 0 bridgehead atoms. The van der Waals surface area contributed by atoms with E-state index in [-0.39, 0.29) is 5.78 Å². The van der Waals surface area contributed by atoms with E-state index in [2.05, 4.69) is 39.5 Å². The molecule has 1 saturated heterocycles. The van der Waals surface area contributed by atoms with Crippen molar-refractivity contribution in [2.45, 2.75) is 25.8 Å². The first kappa shape index (κ1) is 20.1. The summed E-state index contributed by atoms with van der Waals surface area (Å²) in [6.45, 7) is 4.24. The number of piperidine rings is 1. The predicted octanol–water partition coefficient (Wildman–Crippen LogP) is 5.21. The summed E-state index contributed by atoms with van der Waals surface area (Å²) >= 11 is 7.42. The van der Waals surface area contributed by atoms with Crippen LogP contribution in [0.5, 0.6) is 0 Å². The molecule has 4 nitrogen and oxygen atoms in total. The van der Waals surface area contributed by atoms with Gasteiger partial charge in [-0.15, -0.1) is 11.3 Å². The van der Waals surface area contributed by atoms with E-state index in [1.807, 2.05) is 37.3 Å². The van der Waals surface area contributed by atoms with E-state index in [0.29, 0.717) is 17.6 Å². The fourth-order valence-corrected chi connectivity index (χ4v) is 4.84. The minimum atomic E-state index is 0.108. The third kappa shape index (κ3) is 4.86. The number of Topliss-reactive ketones (excluding diaryl/α,β-unsaturated/α-hetero) is 1. The van der Waals surface area contributed by atoms with Crippen molar-refractivity contribution in [2.24, 2.45) is 0 Å². The smallest absolute Gasteiger partial charge is 0.188 e. The largest absolute Gasteiger partial charge is 0.370 e. The predicted molar refractivity (Wildman–Crippen MR) is 121 cm³/mol. The van der Waals surface area contributed by atoms with Gasteiger partial charge in [0.25, 0.3) is 0 Å². The molecule has 29 heavy (non-hydrogen) atoms. The molecule has 4 rings (SSSR count). The van der Waals surface area contributed by atoms with Gasteiger partial charge < -0.3 is 10.2 Å². The molecule has 0 unspecified atom stereocenters. The highest BCUT2D eigenvalue weighted by molar-refractivity contribution is 7.17. The number of ketones is 1. The first-order valence-electron chi connectivity index (χ1n) is 9.90. The van der Waals surface area contributed by atoms with Gasteiger partial charge in [-0.3, -0.25) is 4.79 Å². The van der Waals surface area contributed by atoms with Gasteiger partial charge in [-0.25, -0.2) is 4.98 Å². The molecule has 6 heteroatoms. The average molecular weight is 426 g/mol. The molecule has 1 aliphatic rings. The summed E-state index contributed by atoms with van der Waals surface area (Å²) in [6.07, 6.45) is 2.22. The average Bonchev–Trinajstić information content (AvgIpc) is 3.15. The number of halogens is 1. The van der Waals surface area contributed by atoms with Crippen molar-refractivity contribution in [3.05, 3.63) is 70.2 Å². The molecule has 1 aliphatic heterocycles. The van der Waals surface area contributed by atoms with Crippen molar-refractivity contribution in [3.63, 3.8) is 0 Å². The second-order valence-electron chi connectivity index (χ2n) is 7.37. The number of nitrogens with zero attached hydrogens (tertiary/aromatic N) is 2. The van der Waals surface area contributed by atoms with Gasteiger partial charge in [0, 0.05) is 35.4 Å². The number of hydrogen-bond donors (Lipinski definition) is 1. The molecule has 0 aliphatic carbocycles. The third-order valence-corrected chi connectivity index (χ3v) is 6.73. The summed E-state index contributed by atoms with van der Waals surface area (Å²) in [5, 5.41) is 5.02. The van der Waals surface area contributed by atoms with Crippen LogP contribution in [-0.4, -0.2) is 36.4 Å². The van der Waals surface area contributed by atoms with Crippen LogP contribution >= 0.6 is 22.9 Å². The van der Waals surface area contributed by atoms with Gasteiger partial charge in [0.2, 0.25) is 0 Å². The van der Waals surface area contributed by atoms with Gasteiger partial charge in [-0.2, -0.15) is 0 Å². The van der Waals surface area contributed by atoms with E-state index >= 15 is 0 Å². The summed E-state index contributed by atoms with van der Waals surface area (Å²) < 4.78 is 0. The highest BCUT2D eigenvalue weighted by atomic mass is 35.5. The lowest BCUT2D eigenvalue weighted by Gasteiger charge is -2.34. The van der Waals surface area contributed by atoms with Gasteiger partial charge in [0.1, 0.15) is 5.01 Å². The second kappa shape index (κ2) is 9.08. The Kier molecular flexibility index (Phi) is 6.28. The number of para-hydroxylation sites is 1. The molecule has 1 atom stereocenters. The molecular weight excluding hydrogens is 402 g/mol. The Bertz CT molecular complexity index is 972. The van der Waals surface area contributed by atoms with Gasteiger partial charge >= 0.3 is 0 Å². The molecule has 1 fully saturated rings. The van der Waals surface area contributed by atoms with E-state index in [1.54, 1.807) is 0 Å². The molecule has 3 aromatic rings. The zero-order valence-electron chi connectivity index (χ0n) is 16.4. The Labute approximate surface area is 180 Å². The summed E-state index contributed by atoms with van der Waals surface area (Å²) in [6, 6.07) is 18.4. The maximum absolute atomic E-state index is 12.8. The highest BCUT2D eigenvalue weighted by Crippen LogP contribution is 2.29. The van der Waals surface area contributed by atoms with Crippen LogP contribution in [0.1, 0.15) is 28.2 Å². The van der Waals surface area contributed by atoms with Crippen LogP contribution in [0.3, 0.4) is 0 Å². The zero-order valence-corrected chi connectivity index (χ0v) is 18.0. The molecule has 1 N–H and O–H groups in total. The molecule has 0 saturated carbocycles. The Morgan fingerprint density at radius 1 is 1.21 bits per heavy atom. The lowest BCUT2D eigenvalue weighted by Crippen LogP contribution is -2.47. The maximum atomic E-state index is 12.8. The highest BCUT2D eigenvalue weighted by Gasteiger charge is 2.22. The van der Waals surface area contributed by atoms with Crippen LogP contribution in [-0.2, 0) is 0 Å². The van der Waals surface area contributed by atoms with Crippen LogP contribution in [0.2, 0.25) is 5.02 Å². The monoisotopic (exact) mass is 425 g/mol. The number of carbonyl (C=O) groups excluding carboxylic acids is 1. The van der Waals surface area contributed by atoms with Crippen molar-refractivity contribution >= 4 is 34.4 Å². The number of nitrogens with one attached hydrogen (secondary N) is 1. The number of benzene rings is 2. The Morgan fingerprint density at radius 3 is 2.72 bits per heavy atom. The molecule has 0 spiro atoms. The van der Waals surface area contributed by atoms with E-state index in [4.69, 9.17) is 11.6 Å². The van der Waals surface area contributed by atoms with Gasteiger partial charge in [-0.05, 0) is 44.0 Å². The SMILES string of the molecule is Cc1nc(-c2ccc(Cl)cc2)sc1C(=O)CN[C@H]1CCCN(c2ccccc2)C1. The quantitative estimate of drug-likeness (QED) is 0.550. The first-order valence-corrected chi connectivity index (χ1v) is 11.1. The summed E-state index contributed by atoms with van der Waals surface area (Å²) in [5.74, 6) is 0.108. The van der Waals surface area contributed by atoms with Gasteiger partial charge in [0.15, 0.2) is 5.78 Å². The number of carbonyl (C=O) groups is 1. The topological polar surface area (TPSA) is 45.2 Å². The normalized spacial score (nSPS) is 16.8. The molecule has 0 amide bonds. The minimum absolute atomic E-state index is 0.108. The Morgan fingerprint density at radius 2 is 1.97 bits per heavy atom. The van der Waals surface area contributed by atoms with Crippen molar-refractivity contribution < 1.29 is 4.79 Å². The molecule has 1 aromatic heterocycles. The van der Waals surface area contributed by atoms with Crippen LogP contribution in [0.4, 0.5) is 5.69 Å². The van der Waals surface area contributed by atoms with Crippen LogP contribution in [0, 0.1) is 6.92 Å². The molecule has 2 heterocycles. The Hall–Kier alpha value is -2.21. The lowest BCUT2D eigenvalue weighted by atomic mass is 10.0. The minimum Gasteiger partial charge on any atom is -0.370 e. The number of hydrogen-bond acceptors (Lipinski definition) is 5. The lowest BCUT2D eigenvalue weighted by molar-refractivity contribution is 0.0989. The number of aryl methyl sites for hydroxylation is 1. The zero-order chi connectivity index (χ0) is 20.2. The second-order valence-corrected chi connectivity index (χ2v) is 8.80. The van der Waals surface area contributed by atoms with E-state index in [0.717, 1.165) is 47.1 Å². The number of anilines is 1. The summed E-state index contributed by atoms with van der Waals surface area (Å²) in [7, 11) is 0.